The molecule has 0 atom stereocenters. The van der Waals surface area contributed by atoms with Crippen molar-refractivity contribution in [2.24, 2.45) is 0 Å². The molecule has 20 heavy (non-hydrogen) atoms. The third-order valence-corrected chi connectivity index (χ3v) is 3.01. The molecule has 0 N–H and O–H groups in total. The summed E-state index contributed by atoms with van der Waals surface area (Å²) in [4.78, 5) is 12.4. The highest BCUT2D eigenvalue weighted by Crippen LogP contribution is 2.19. The lowest BCUT2D eigenvalue weighted by molar-refractivity contribution is 0.845. The fraction of sp³-hybridized carbons (Fsp3) is 0. The topological polar surface area (TPSA) is 73.8 Å². The standard InChI is InChI=1S/C13H9N7/c1-3-12(20-9-14-7-17-20)15-5-10(1)11-2-4-13-16-8-18-19(13)6-11/h1-9H. The number of fused-ring (bicyclic) bond motifs is 1. The van der Waals surface area contributed by atoms with Gasteiger partial charge >= 0.3 is 0 Å². The van der Waals surface area contributed by atoms with E-state index in [0.717, 1.165) is 22.6 Å². The molecule has 7 nitrogen and oxygen atoms in total. The molecule has 0 unspecified atom stereocenters. The van der Waals surface area contributed by atoms with Gasteiger partial charge in [0.25, 0.3) is 0 Å². The van der Waals surface area contributed by atoms with Crippen LogP contribution in [-0.2, 0) is 0 Å². The lowest BCUT2D eigenvalue weighted by atomic mass is 10.1. The largest absolute Gasteiger partial charge is 0.236 e. The number of rotatable bonds is 2. The number of hydrogen-bond acceptors (Lipinski definition) is 5. The van der Waals surface area contributed by atoms with E-state index in [2.05, 4.69) is 25.1 Å². The Hall–Kier alpha value is -3.09. The highest BCUT2D eigenvalue weighted by Gasteiger charge is 2.03. The smallest absolute Gasteiger partial charge is 0.155 e. The van der Waals surface area contributed by atoms with Gasteiger partial charge in [-0.25, -0.2) is 24.1 Å². The van der Waals surface area contributed by atoms with Crippen LogP contribution in [0.5, 0.6) is 0 Å². The second-order valence-corrected chi connectivity index (χ2v) is 4.23. The van der Waals surface area contributed by atoms with Crippen LogP contribution in [0.4, 0.5) is 0 Å². The molecule has 0 aromatic carbocycles. The highest BCUT2D eigenvalue weighted by molar-refractivity contribution is 5.63. The number of nitrogens with zero attached hydrogens (tertiary/aromatic N) is 7. The van der Waals surface area contributed by atoms with Crippen LogP contribution >= 0.6 is 0 Å². The summed E-state index contributed by atoms with van der Waals surface area (Å²) < 4.78 is 3.35. The Kier molecular flexibility index (Phi) is 2.28. The van der Waals surface area contributed by atoms with Gasteiger partial charge in [-0.2, -0.15) is 10.2 Å². The minimum absolute atomic E-state index is 0.730. The minimum atomic E-state index is 0.730. The van der Waals surface area contributed by atoms with Gasteiger partial charge in [-0.05, 0) is 24.3 Å². The summed E-state index contributed by atoms with van der Waals surface area (Å²) in [6, 6.07) is 7.81. The van der Waals surface area contributed by atoms with Gasteiger partial charge in [-0.1, -0.05) is 0 Å². The van der Waals surface area contributed by atoms with Gasteiger partial charge in [0, 0.05) is 23.5 Å². The van der Waals surface area contributed by atoms with Crippen LogP contribution in [-0.4, -0.2) is 34.3 Å². The normalized spacial score (nSPS) is 11.0. The molecule has 7 heteroatoms. The Bertz CT molecular complexity index is 846. The minimum Gasteiger partial charge on any atom is -0.236 e. The molecule has 0 saturated heterocycles. The first-order valence-corrected chi connectivity index (χ1v) is 6.01. The predicted octanol–water partition coefficient (Wildman–Crippen LogP) is 1.37. The molecule has 4 aromatic rings. The number of hydrogen-bond donors (Lipinski definition) is 0. The first-order valence-electron chi connectivity index (χ1n) is 6.01. The first kappa shape index (κ1) is 10.8. The Morgan fingerprint density at radius 3 is 2.60 bits per heavy atom. The third kappa shape index (κ3) is 1.72. The third-order valence-electron chi connectivity index (χ3n) is 3.01. The molecule has 4 heterocycles. The summed E-state index contributed by atoms with van der Waals surface area (Å²) in [6.45, 7) is 0. The molecule has 0 fully saturated rings. The zero-order valence-corrected chi connectivity index (χ0v) is 10.3. The predicted molar refractivity (Wildman–Crippen MR) is 71.1 cm³/mol. The van der Waals surface area contributed by atoms with E-state index in [4.69, 9.17) is 0 Å². The van der Waals surface area contributed by atoms with Crippen LogP contribution in [0.1, 0.15) is 0 Å². The zero-order valence-electron chi connectivity index (χ0n) is 10.3. The second kappa shape index (κ2) is 4.23. The van der Waals surface area contributed by atoms with Crippen molar-refractivity contribution in [3.63, 3.8) is 0 Å². The highest BCUT2D eigenvalue weighted by atomic mass is 15.3. The summed E-state index contributed by atoms with van der Waals surface area (Å²) in [7, 11) is 0. The average Bonchev–Trinajstić information content (AvgIpc) is 3.18. The summed E-state index contributed by atoms with van der Waals surface area (Å²) in [5.74, 6) is 0.730. The van der Waals surface area contributed by atoms with Crippen molar-refractivity contribution >= 4 is 5.65 Å². The summed E-state index contributed by atoms with van der Waals surface area (Å²) in [5.41, 5.74) is 2.85. The number of pyridine rings is 2. The van der Waals surface area contributed by atoms with E-state index in [0.29, 0.717) is 0 Å². The molecule has 0 amide bonds. The fourth-order valence-corrected chi connectivity index (χ4v) is 2.01. The molecule has 0 bridgehead atoms. The van der Waals surface area contributed by atoms with Crippen LogP contribution in [0, 0.1) is 0 Å². The molecule has 0 spiro atoms. The summed E-state index contributed by atoms with van der Waals surface area (Å²) in [6.07, 6.45) is 8.35. The monoisotopic (exact) mass is 263 g/mol. The molecule has 4 aromatic heterocycles. The van der Waals surface area contributed by atoms with Crippen LogP contribution in [0.2, 0.25) is 0 Å². The molecule has 96 valence electrons. The van der Waals surface area contributed by atoms with Crippen LogP contribution in [0.3, 0.4) is 0 Å². The van der Waals surface area contributed by atoms with Crippen LogP contribution in [0.15, 0.2) is 55.6 Å². The van der Waals surface area contributed by atoms with Crippen molar-refractivity contribution in [1.29, 1.82) is 0 Å². The van der Waals surface area contributed by atoms with Crippen LogP contribution in [0.25, 0.3) is 22.6 Å². The Morgan fingerprint density at radius 2 is 1.80 bits per heavy atom. The molecule has 4 rings (SSSR count). The molecule has 0 aliphatic rings. The van der Waals surface area contributed by atoms with E-state index >= 15 is 0 Å². The lowest BCUT2D eigenvalue weighted by Gasteiger charge is -2.03. The zero-order chi connectivity index (χ0) is 13.4. The lowest BCUT2D eigenvalue weighted by Crippen LogP contribution is -1.97. The van der Waals surface area contributed by atoms with E-state index in [9.17, 15) is 0 Å². The van der Waals surface area contributed by atoms with Gasteiger partial charge in [0.05, 0.1) is 0 Å². The molecule has 0 aliphatic carbocycles. The van der Waals surface area contributed by atoms with Crippen molar-refractivity contribution in [2.45, 2.75) is 0 Å². The molecule has 0 aliphatic heterocycles. The Morgan fingerprint density at radius 1 is 0.850 bits per heavy atom. The van der Waals surface area contributed by atoms with E-state index in [-0.39, 0.29) is 0 Å². The average molecular weight is 263 g/mol. The van der Waals surface area contributed by atoms with Crippen molar-refractivity contribution in [3.8, 4) is 16.9 Å². The van der Waals surface area contributed by atoms with Gasteiger partial charge < -0.3 is 0 Å². The van der Waals surface area contributed by atoms with E-state index in [1.54, 1.807) is 21.7 Å². The van der Waals surface area contributed by atoms with Gasteiger partial charge in [0.2, 0.25) is 0 Å². The maximum Gasteiger partial charge on any atom is 0.155 e. The molecular formula is C13H9N7. The van der Waals surface area contributed by atoms with Crippen molar-refractivity contribution in [1.82, 2.24) is 34.3 Å². The van der Waals surface area contributed by atoms with Crippen molar-refractivity contribution in [3.05, 3.63) is 55.6 Å². The molecular weight excluding hydrogens is 254 g/mol. The van der Waals surface area contributed by atoms with Gasteiger partial charge in [0.1, 0.15) is 19.0 Å². The molecule has 0 radical (unpaired) electrons. The Balaban J connectivity index is 1.74. The maximum atomic E-state index is 4.38. The van der Waals surface area contributed by atoms with E-state index in [1.165, 1.54) is 12.7 Å². The summed E-state index contributed by atoms with van der Waals surface area (Å²) >= 11 is 0. The van der Waals surface area contributed by atoms with Gasteiger partial charge in [0.15, 0.2) is 11.5 Å². The number of aromatic nitrogens is 7. The van der Waals surface area contributed by atoms with Crippen molar-refractivity contribution in [2.75, 3.05) is 0 Å². The quantitative estimate of drug-likeness (QED) is 0.546. The Labute approximate surface area is 113 Å². The summed E-state index contributed by atoms with van der Waals surface area (Å²) in [5, 5.41) is 8.17. The second-order valence-electron chi connectivity index (χ2n) is 4.23. The van der Waals surface area contributed by atoms with Crippen molar-refractivity contribution < 1.29 is 0 Å². The fourth-order valence-electron chi connectivity index (χ4n) is 2.01. The van der Waals surface area contributed by atoms with Gasteiger partial charge in [-0.3, -0.25) is 0 Å². The molecule has 0 saturated carbocycles. The maximum absolute atomic E-state index is 4.38. The van der Waals surface area contributed by atoms with E-state index < -0.39 is 0 Å². The first-order chi connectivity index (χ1) is 9.90. The van der Waals surface area contributed by atoms with Crippen LogP contribution < -0.4 is 0 Å². The van der Waals surface area contributed by atoms with E-state index in [1.807, 2.05) is 30.5 Å². The SMILES string of the molecule is c1ncn(-c2ccc(-c3ccc4ncnn4c3)cn2)n1. The van der Waals surface area contributed by atoms with Gasteiger partial charge in [-0.15, -0.1) is 0 Å².